The Morgan fingerprint density at radius 2 is 2.00 bits per heavy atom. The molecule has 0 radical (unpaired) electrons. The lowest BCUT2D eigenvalue weighted by atomic mass is 10.2. The van der Waals surface area contributed by atoms with Gasteiger partial charge in [-0.05, 0) is 31.0 Å². The van der Waals surface area contributed by atoms with Crippen LogP contribution in [0.5, 0.6) is 0 Å². The van der Waals surface area contributed by atoms with Gasteiger partial charge in [-0.2, -0.15) is 0 Å². The Morgan fingerprint density at radius 1 is 1.18 bits per heavy atom. The number of fused-ring (bicyclic) bond motifs is 1. The van der Waals surface area contributed by atoms with Gasteiger partial charge in [0.05, 0.1) is 17.2 Å². The molecule has 0 aliphatic carbocycles. The summed E-state index contributed by atoms with van der Waals surface area (Å²) in [5.41, 5.74) is -0.211. The van der Waals surface area contributed by atoms with Gasteiger partial charge in [0.2, 0.25) is 0 Å². The van der Waals surface area contributed by atoms with Gasteiger partial charge in [0, 0.05) is 30.5 Å². The number of benzene rings is 1. The molecular formula is C15H15ClN4O2. The van der Waals surface area contributed by atoms with Crippen molar-refractivity contribution < 1.29 is 0 Å². The average Bonchev–Trinajstić information content (AvgIpc) is 2.99. The summed E-state index contributed by atoms with van der Waals surface area (Å²) >= 11 is 5.88. The second kappa shape index (κ2) is 6.19. The van der Waals surface area contributed by atoms with E-state index in [1.807, 2.05) is 10.8 Å². The zero-order valence-corrected chi connectivity index (χ0v) is 12.6. The Morgan fingerprint density at radius 3 is 2.77 bits per heavy atom. The maximum absolute atomic E-state index is 12.4. The number of aromatic amines is 1. The van der Waals surface area contributed by atoms with E-state index in [9.17, 15) is 9.59 Å². The molecule has 1 aromatic carbocycles. The molecule has 0 saturated heterocycles. The third-order valence-corrected chi connectivity index (χ3v) is 3.79. The molecule has 22 heavy (non-hydrogen) atoms. The lowest BCUT2D eigenvalue weighted by molar-refractivity contribution is 0.532. The largest absolute Gasteiger partial charge is 0.337 e. The first-order valence-electron chi connectivity index (χ1n) is 7.03. The first kappa shape index (κ1) is 14.6. The van der Waals surface area contributed by atoms with Gasteiger partial charge in [-0.15, -0.1) is 0 Å². The van der Waals surface area contributed by atoms with Crippen molar-refractivity contribution in [3.8, 4) is 0 Å². The second-order valence-corrected chi connectivity index (χ2v) is 5.52. The summed E-state index contributed by atoms with van der Waals surface area (Å²) in [4.78, 5) is 31.1. The van der Waals surface area contributed by atoms with Crippen LogP contribution in [-0.2, 0) is 13.1 Å². The number of nitrogens with zero attached hydrogens (tertiary/aromatic N) is 3. The smallest absolute Gasteiger partial charge is 0.328 e. The van der Waals surface area contributed by atoms with E-state index in [2.05, 4.69) is 9.97 Å². The summed E-state index contributed by atoms with van der Waals surface area (Å²) in [6.45, 7) is 1.21. The van der Waals surface area contributed by atoms with Gasteiger partial charge in [-0.1, -0.05) is 11.6 Å². The van der Waals surface area contributed by atoms with Crippen molar-refractivity contribution in [2.45, 2.75) is 25.9 Å². The van der Waals surface area contributed by atoms with Crippen LogP contribution < -0.4 is 11.2 Å². The number of H-pyrrole nitrogens is 1. The average molecular weight is 319 g/mol. The Balaban J connectivity index is 1.77. The van der Waals surface area contributed by atoms with Gasteiger partial charge < -0.3 is 9.55 Å². The zero-order chi connectivity index (χ0) is 15.5. The SMILES string of the molecule is O=c1[nH]c2cc(Cl)ccc2c(=O)n1CCCCn1ccnc1. The van der Waals surface area contributed by atoms with E-state index >= 15 is 0 Å². The molecule has 114 valence electrons. The molecule has 7 heteroatoms. The number of hydrogen-bond donors (Lipinski definition) is 1. The fourth-order valence-corrected chi connectivity index (χ4v) is 2.59. The summed E-state index contributed by atoms with van der Waals surface area (Å²) in [5, 5.41) is 0.958. The molecule has 0 fully saturated rings. The van der Waals surface area contributed by atoms with Crippen molar-refractivity contribution in [3.05, 3.63) is 62.8 Å². The minimum Gasteiger partial charge on any atom is -0.337 e. The van der Waals surface area contributed by atoms with Crippen LogP contribution in [0.4, 0.5) is 0 Å². The molecule has 0 aliphatic heterocycles. The molecule has 0 saturated carbocycles. The second-order valence-electron chi connectivity index (χ2n) is 5.08. The van der Waals surface area contributed by atoms with Gasteiger partial charge in [-0.25, -0.2) is 9.78 Å². The van der Waals surface area contributed by atoms with E-state index in [0.29, 0.717) is 22.5 Å². The van der Waals surface area contributed by atoms with Crippen LogP contribution in [0, 0.1) is 0 Å². The number of aromatic nitrogens is 4. The quantitative estimate of drug-likeness (QED) is 0.731. The van der Waals surface area contributed by atoms with Gasteiger partial charge >= 0.3 is 5.69 Å². The number of unbranched alkanes of at least 4 members (excludes halogenated alkanes) is 1. The topological polar surface area (TPSA) is 72.7 Å². The van der Waals surface area contributed by atoms with Crippen LogP contribution in [0.15, 0.2) is 46.5 Å². The number of imidazole rings is 1. The first-order valence-corrected chi connectivity index (χ1v) is 7.41. The molecule has 0 atom stereocenters. The van der Waals surface area contributed by atoms with E-state index < -0.39 is 5.69 Å². The molecule has 0 aliphatic rings. The van der Waals surface area contributed by atoms with Crippen molar-refractivity contribution in [2.75, 3.05) is 0 Å². The minimum absolute atomic E-state index is 0.280. The Hall–Kier alpha value is -2.34. The molecule has 1 N–H and O–H groups in total. The van der Waals surface area contributed by atoms with E-state index in [1.54, 1.807) is 30.7 Å². The molecular weight excluding hydrogens is 304 g/mol. The third kappa shape index (κ3) is 2.96. The maximum Gasteiger partial charge on any atom is 0.328 e. The van der Waals surface area contributed by atoms with Gasteiger partial charge in [0.25, 0.3) is 5.56 Å². The standard InChI is InChI=1S/C15H15ClN4O2/c16-11-3-4-12-13(9-11)18-15(22)20(14(12)21)7-2-1-6-19-8-5-17-10-19/h3-5,8-10H,1-2,6-7H2,(H,18,22). The lowest BCUT2D eigenvalue weighted by Crippen LogP contribution is -2.35. The van der Waals surface area contributed by atoms with E-state index in [4.69, 9.17) is 11.6 Å². The molecule has 0 bridgehead atoms. The van der Waals surface area contributed by atoms with Crippen molar-refractivity contribution in [2.24, 2.45) is 0 Å². The van der Waals surface area contributed by atoms with Crippen molar-refractivity contribution in [3.63, 3.8) is 0 Å². The molecule has 2 aromatic heterocycles. The van der Waals surface area contributed by atoms with Crippen LogP contribution in [0.1, 0.15) is 12.8 Å². The van der Waals surface area contributed by atoms with Crippen LogP contribution in [0.25, 0.3) is 10.9 Å². The van der Waals surface area contributed by atoms with Crippen LogP contribution in [-0.4, -0.2) is 19.1 Å². The van der Waals surface area contributed by atoms with Crippen LogP contribution in [0.2, 0.25) is 5.02 Å². The van der Waals surface area contributed by atoms with Crippen LogP contribution in [0.3, 0.4) is 0 Å². The Kier molecular flexibility index (Phi) is 4.11. The van der Waals surface area contributed by atoms with E-state index in [1.165, 1.54) is 4.57 Å². The Bertz CT molecular complexity index is 896. The minimum atomic E-state index is -0.401. The molecule has 2 heterocycles. The number of hydrogen-bond acceptors (Lipinski definition) is 3. The molecule has 0 unspecified atom stereocenters. The summed E-state index contributed by atoms with van der Waals surface area (Å²) in [6.07, 6.45) is 6.96. The molecule has 6 nitrogen and oxygen atoms in total. The molecule has 3 rings (SSSR count). The van der Waals surface area contributed by atoms with E-state index in [-0.39, 0.29) is 5.56 Å². The van der Waals surface area contributed by atoms with Crippen molar-refractivity contribution in [1.82, 2.24) is 19.1 Å². The highest BCUT2D eigenvalue weighted by Gasteiger charge is 2.07. The fourth-order valence-electron chi connectivity index (χ4n) is 2.41. The summed E-state index contributed by atoms with van der Waals surface area (Å²) in [7, 11) is 0. The number of aryl methyl sites for hydroxylation is 1. The molecule has 0 amide bonds. The highest BCUT2D eigenvalue weighted by Crippen LogP contribution is 2.13. The summed E-state index contributed by atoms with van der Waals surface area (Å²) < 4.78 is 3.21. The van der Waals surface area contributed by atoms with Gasteiger partial charge in [0.15, 0.2) is 0 Å². The predicted octanol–water partition coefficient (Wildman–Crippen LogP) is 2.02. The molecule has 0 spiro atoms. The summed E-state index contributed by atoms with van der Waals surface area (Å²) in [5.74, 6) is 0. The van der Waals surface area contributed by atoms with Crippen molar-refractivity contribution in [1.29, 1.82) is 0 Å². The maximum atomic E-state index is 12.4. The van der Waals surface area contributed by atoms with Crippen molar-refractivity contribution >= 4 is 22.5 Å². The number of nitrogens with one attached hydrogen (secondary N) is 1. The fraction of sp³-hybridized carbons (Fsp3) is 0.267. The Labute approximate surface area is 131 Å². The van der Waals surface area contributed by atoms with Gasteiger partial charge in [0.1, 0.15) is 0 Å². The highest BCUT2D eigenvalue weighted by molar-refractivity contribution is 6.31. The first-order chi connectivity index (χ1) is 10.6. The predicted molar refractivity (Wildman–Crippen MR) is 85.3 cm³/mol. The monoisotopic (exact) mass is 318 g/mol. The number of rotatable bonds is 5. The highest BCUT2D eigenvalue weighted by atomic mass is 35.5. The number of halogens is 1. The zero-order valence-electron chi connectivity index (χ0n) is 11.8. The van der Waals surface area contributed by atoms with Gasteiger partial charge in [-0.3, -0.25) is 9.36 Å². The summed E-state index contributed by atoms with van der Waals surface area (Å²) in [6, 6.07) is 4.87. The normalized spacial score (nSPS) is 11.1. The third-order valence-electron chi connectivity index (χ3n) is 3.55. The van der Waals surface area contributed by atoms with Crippen LogP contribution >= 0.6 is 11.6 Å². The lowest BCUT2D eigenvalue weighted by Gasteiger charge is -2.07. The van der Waals surface area contributed by atoms with E-state index in [0.717, 1.165) is 19.4 Å². The molecule has 3 aromatic rings.